The molecule has 4 nitrogen and oxygen atoms in total. The molecule has 0 bridgehead atoms. The Labute approximate surface area is 80.7 Å². The number of hydrogen-bond donors (Lipinski definition) is 0. The van der Waals surface area contributed by atoms with Gasteiger partial charge in [-0.3, -0.25) is 4.79 Å². The lowest BCUT2D eigenvalue weighted by molar-refractivity contribution is -0.144. The Balaban J connectivity index is 2.23. The Morgan fingerprint density at radius 3 is 3.08 bits per heavy atom. The van der Waals surface area contributed by atoms with Crippen LogP contribution < -0.4 is 0 Å². The number of rotatable bonds is 4. The van der Waals surface area contributed by atoms with Gasteiger partial charge in [0.2, 0.25) is 0 Å². The van der Waals surface area contributed by atoms with Gasteiger partial charge in [-0.1, -0.05) is 11.8 Å². The van der Waals surface area contributed by atoms with Crippen molar-refractivity contribution >= 4 is 17.7 Å². The number of oxazole rings is 1. The van der Waals surface area contributed by atoms with Gasteiger partial charge in [0.25, 0.3) is 5.22 Å². The molecule has 0 aliphatic rings. The van der Waals surface area contributed by atoms with Gasteiger partial charge in [-0.15, -0.1) is 0 Å². The zero-order valence-electron chi connectivity index (χ0n) is 7.52. The van der Waals surface area contributed by atoms with Gasteiger partial charge in [-0.2, -0.15) is 0 Å². The Kier molecular flexibility index (Phi) is 3.82. The lowest BCUT2D eigenvalue weighted by Gasteiger charge is -2.05. The second-order valence-corrected chi connectivity index (χ2v) is 3.55. The molecule has 0 aliphatic carbocycles. The maximum absolute atomic E-state index is 11.0. The van der Waals surface area contributed by atoms with E-state index in [9.17, 15) is 4.79 Å². The molecular formula is C8H11NO3S. The van der Waals surface area contributed by atoms with Crippen molar-refractivity contribution in [3.8, 4) is 0 Å². The summed E-state index contributed by atoms with van der Waals surface area (Å²) in [6.07, 6.45) is 2.93. The Bertz CT molecular complexity index is 258. The van der Waals surface area contributed by atoms with Crippen molar-refractivity contribution in [3.63, 3.8) is 0 Å². The Morgan fingerprint density at radius 2 is 2.54 bits per heavy atom. The molecule has 0 saturated heterocycles. The monoisotopic (exact) mass is 201 g/mol. The van der Waals surface area contributed by atoms with Gasteiger partial charge >= 0.3 is 5.97 Å². The van der Waals surface area contributed by atoms with Gasteiger partial charge in [0.1, 0.15) is 12.0 Å². The highest BCUT2D eigenvalue weighted by molar-refractivity contribution is 7.99. The Morgan fingerprint density at radius 1 is 1.77 bits per heavy atom. The van der Waals surface area contributed by atoms with E-state index in [4.69, 9.17) is 9.15 Å². The fraction of sp³-hybridized carbons (Fsp3) is 0.500. The molecule has 0 atom stereocenters. The fourth-order valence-corrected chi connectivity index (χ4v) is 1.27. The van der Waals surface area contributed by atoms with Gasteiger partial charge in [0.15, 0.2) is 0 Å². The van der Waals surface area contributed by atoms with Crippen molar-refractivity contribution in [3.05, 3.63) is 12.5 Å². The molecule has 1 aromatic heterocycles. The second-order valence-electron chi connectivity index (χ2n) is 2.63. The molecule has 0 amide bonds. The highest BCUT2D eigenvalue weighted by atomic mass is 32.2. The molecule has 1 heterocycles. The third kappa shape index (κ3) is 3.98. The molecule has 72 valence electrons. The maximum Gasteiger partial charge on any atom is 0.316 e. The number of thioether (sulfide) groups is 1. The summed E-state index contributed by atoms with van der Waals surface area (Å²) in [4.78, 5) is 14.9. The topological polar surface area (TPSA) is 52.3 Å². The summed E-state index contributed by atoms with van der Waals surface area (Å²) >= 11 is 1.22. The van der Waals surface area contributed by atoms with E-state index >= 15 is 0 Å². The van der Waals surface area contributed by atoms with Crippen LogP contribution in [0.25, 0.3) is 0 Å². The summed E-state index contributed by atoms with van der Waals surface area (Å²) in [5.74, 6) is -0.0169. The number of carbonyl (C=O) groups is 1. The zero-order valence-corrected chi connectivity index (χ0v) is 8.34. The summed E-state index contributed by atoms with van der Waals surface area (Å²) < 4.78 is 9.85. The van der Waals surface area contributed by atoms with Crippen molar-refractivity contribution < 1.29 is 13.9 Å². The van der Waals surface area contributed by atoms with Crippen LogP contribution in [0.1, 0.15) is 13.8 Å². The zero-order chi connectivity index (χ0) is 9.68. The molecule has 0 saturated carbocycles. The van der Waals surface area contributed by atoms with E-state index in [0.717, 1.165) is 0 Å². The van der Waals surface area contributed by atoms with Crippen molar-refractivity contribution in [2.24, 2.45) is 0 Å². The summed E-state index contributed by atoms with van der Waals surface area (Å²) in [5.41, 5.74) is 0. The van der Waals surface area contributed by atoms with Crippen LogP contribution in [-0.4, -0.2) is 22.8 Å². The lowest BCUT2D eigenvalue weighted by atomic mass is 10.5. The summed E-state index contributed by atoms with van der Waals surface area (Å²) in [7, 11) is 0. The molecule has 5 heteroatoms. The summed E-state index contributed by atoms with van der Waals surface area (Å²) in [6, 6.07) is 0. The van der Waals surface area contributed by atoms with Crippen molar-refractivity contribution in [1.82, 2.24) is 4.98 Å². The molecule has 0 aliphatic heterocycles. The average Bonchev–Trinajstić information content (AvgIpc) is 2.51. The molecule has 0 radical (unpaired) electrons. The van der Waals surface area contributed by atoms with Crippen molar-refractivity contribution in [2.75, 3.05) is 5.75 Å². The van der Waals surface area contributed by atoms with Crippen LogP contribution in [0, 0.1) is 0 Å². The van der Waals surface area contributed by atoms with Crippen LogP contribution in [0.4, 0.5) is 0 Å². The smallest absolute Gasteiger partial charge is 0.316 e. The average molecular weight is 201 g/mol. The van der Waals surface area contributed by atoms with E-state index in [0.29, 0.717) is 5.22 Å². The molecule has 0 aromatic carbocycles. The van der Waals surface area contributed by atoms with Gasteiger partial charge in [0.05, 0.1) is 12.3 Å². The first-order chi connectivity index (χ1) is 6.18. The molecule has 0 spiro atoms. The second kappa shape index (κ2) is 4.91. The largest absolute Gasteiger partial charge is 0.462 e. The highest BCUT2D eigenvalue weighted by Gasteiger charge is 2.07. The minimum atomic E-state index is -0.252. The van der Waals surface area contributed by atoms with Crippen molar-refractivity contribution in [1.29, 1.82) is 0 Å². The van der Waals surface area contributed by atoms with Gasteiger partial charge < -0.3 is 9.15 Å². The maximum atomic E-state index is 11.0. The van der Waals surface area contributed by atoms with Crippen LogP contribution in [-0.2, 0) is 9.53 Å². The van der Waals surface area contributed by atoms with E-state index in [1.807, 2.05) is 13.8 Å². The quantitative estimate of drug-likeness (QED) is 0.548. The predicted octanol–water partition coefficient (Wildman–Crippen LogP) is 1.72. The first-order valence-corrected chi connectivity index (χ1v) is 4.89. The normalized spacial score (nSPS) is 10.4. The van der Waals surface area contributed by atoms with Gasteiger partial charge in [0, 0.05) is 0 Å². The van der Waals surface area contributed by atoms with Crippen LogP contribution in [0.3, 0.4) is 0 Å². The number of ether oxygens (including phenoxy) is 1. The van der Waals surface area contributed by atoms with Gasteiger partial charge in [-0.25, -0.2) is 4.98 Å². The third-order valence-corrected chi connectivity index (χ3v) is 1.92. The van der Waals surface area contributed by atoms with E-state index in [1.165, 1.54) is 24.2 Å². The van der Waals surface area contributed by atoms with E-state index in [1.54, 1.807) is 0 Å². The molecule has 0 N–H and O–H groups in total. The number of carbonyl (C=O) groups excluding carboxylic acids is 1. The lowest BCUT2D eigenvalue weighted by Crippen LogP contribution is -2.13. The van der Waals surface area contributed by atoms with Crippen LogP contribution >= 0.6 is 11.8 Å². The minimum absolute atomic E-state index is 0.0716. The molecule has 0 unspecified atom stereocenters. The van der Waals surface area contributed by atoms with Crippen LogP contribution in [0.5, 0.6) is 0 Å². The molecule has 0 fully saturated rings. The minimum Gasteiger partial charge on any atom is -0.462 e. The Hall–Kier alpha value is -0.970. The van der Waals surface area contributed by atoms with Crippen molar-refractivity contribution in [2.45, 2.75) is 25.2 Å². The number of nitrogens with zero attached hydrogens (tertiary/aromatic N) is 1. The van der Waals surface area contributed by atoms with E-state index in [-0.39, 0.29) is 17.8 Å². The number of aromatic nitrogens is 1. The summed E-state index contributed by atoms with van der Waals surface area (Å²) in [6.45, 7) is 3.63. The van der Waals surface area contributed by atoms with E-state index < -0.39 is 0 Å². The standard InChI is InChI=1S/C8H11NO3S/c1-6(2)12-7(10)5-13-8-9-3-4-11-8/h3-4,6H,5H2,1-2H3. The highest BCUT2D eigenvalue weighted by Crippen LogP contribution is 2.14. The molecule has 13 heavy (non-hydrogen) atoms. The number of hydrogen-bond acceptors (Lipinski definition) is 5. The van der Waals surface area contributed by atoms with E-state index in [2.05, 4.69) is 4.98 Å². The fourth-order valence-electron chi connectivity index (χ4n) is 0.699. The SMILES string of the molecule is CC(C)OC(=O)CSc1ncco1. The van der Waals surface area contributed by atoms with Crippen LogP contribution in [0.15, 0.2) is 22.1 Å². The first kappa shape index (κ1) is 10.1. The first-order valence-electron chi connectivity index (χ1n) is 3.90. The number of esters is 1. The third-order valence-electron chi connectivity index (χ3n) is 1.09. The summed E-state index contributed by atoms with van der Waals surface area (Å²) in [5, 5.41) is 0.487. The molecule has 1 rings (SSSR count). The molecular weight excluding hydrogens is 190 g/mol. The molecule has 1 aromatic rings. The van der Waals surface area contributed by atoms with Gasteiger partial charge in [-0.05, 0) is 13.8 Å². The predicted molar refractivity (Wildman–Crippen MR) is 48.5 cm³/mol. The van der Waals surface area contributed by atoms with Crippen LogP contribution in [0.2, 0.25) is 0 Å².